The van der Waals surface area contributed by atoms with Crippen molar-refractivity contribution in [1.29, 1.82) is 0 Å². The fourth-order valence-electron chi connectivity index (χ4n) is 3.46. The number of hydrogen-bond donors (Lipinski definition) is 0. The minimum absolute atomic E-state index is 0.0497. The lowest BCUT2D eigenvalue weighted by Gasteiger charge is -2.27. The van der Waals surface area contributed by atoms with Gasteiger partial charge in [-0.05, 0) is 75.0 Å². The van der Waals surface area contributed by atoms with Gasteiger partial charge in [-0.3, -0.25) is 4.39 Å². The lowest BCUT2D eigenvalue weighted by Crippen LogP contribution is -2.14. The van der Waals surface area contributed by atoms with E-state index in [0.717, 1.165) is 32.1 Å². The Hall–Kier alpha value is -1.52. The number of aryl methyl sites for hydroxylation is 1. The highest BCUT2D eigenvalue weighted by Crippen LogP contribution is 2.34. The number of halogens is 4. The Bertz CT molecular complexity index is 577. The van der Waals surface area contributed by atoms with E-state index in [1.54, 1.807) is 19.1 Å². The van der Waals surface area contributed by atoms with Crippen LogP contribution in [0.25, 0.3) is 0 Å². The number of rotatable bonds is 8. The molecule has 1 saturated carbocycles. The molecule has 0 aliphatic heterocycles. The molecule has 140 valence electrons. The first-order valence-electron chi connectivity index (χ1n) is 9.07. The molecule has 1 nitrogen and oxygen atoms in total. The Kier molecular flexibility index (Phi) is 7.79. The van der Waals surface area contributed by atoms with Crippen LogP contribution in [0.2, 0.25) is 0 Å². The molecule has 1 fully saturated rings. The summed E-state index contributed by atoms with van der Waals surface area (Å²) in [7, 11) is 0. The lowest BCUT2D eigenvalue weighted by molar-refractivity contribution is 0.290. The highest BCUT2D eigenvalue weighted by atomic mass is 19.2. The maximum atomic E-state index is 14.1. The molecule has 5 heteroatoms. The molecule has 25 heavy (non-hydrogen) atoms. The van der Waals surface area contributed by atoms with Gasteiger partial charge in [-0.2, -0.15) is 4.39 Å². The van der Waals surface area contributed by atoms with Gasteiger partial charge in [-0.1, -0.05) is 6.07 Å². The van der Waals surface area contributed by atoms with Gasteiger partial charge in [0.15, 0.2) is 11.6 Å². The molecule has 1 aliphatic carbocycles. The smallest absolute Gasteiger partial charge is 0.200 e. The van der Waals surface area contributed by atoms with Crippen LogP contribution >= 0.6 is 0 Å². The summed E-state index contributed by atoms with van der Waals surface area (Å²) in [5, 5.41) is 0. The highest BCUT2D eigenvalue weighted by Gasteiger charge is 2.21. The summed E-state index contributed by atoms with van der Waals surface area (Å²) >= 11 is 0. The number of hydrogen-bond acceptors (Lipinski definition) is 1. The number of allylic oxidation sites excluding steroid dienone is 2. The van der Waals surface area contributed by atoms with Crippen LogP contribution in [-0.2, 0) is 6.42 Å². The van der Waals surface area contributed by atoms with Crippen molar-refractivity contribution in [3.63, 3.8) is 0 Å². The summed E-state index contributed by atoms with van der Waals surface area (Å²) in [6.45, 7) is 1.35. The molecular weight excluding hydrogens is 332 g/mol. The molecule has 0 N–H and O–H groups in total. The quantitative estimate of drug-likeness (QED) is 0.494. The molecule has 1 aliphatic rings. The number of ether oxygens (including phenoxy) is 1. The molecule has 0 heterocycles. The van der Waals surface area contributed by atoms with Crippen LogP contribution in [0, 0.1) is 23.5 Å². The van der Waals surface area contributed by atoms with Crippen molar-refractivity contribution >= 4 is 0 Å². The van der Waals surface area contributed by atoms with Gasteiger partial charge < -0.3 is 4.74 Å². The SMILES string of the molecule is CCOc1ccc(CCC2CCC(C=C(F)CCF)CC2)c(F)c1F. The molecule has 0 radical (unpaired) electrons. The molecule has 2 rings (SSSR count). The van der Waals surface area contributed by atoms with Gasteiger partial charge in [0.25, 0.3) is 0 Å². The maximum Gasteiger partial charge on any atom is 0.200 e. The van der Waals surface area contributed by atoms with E-state index in [9.17, 15) is 17.6 Å². The van der Waals surface area contributed by atoms with Crippen LogP contribution in [0.5, 0.6) is 5.75 Å². The summed E-state index contributed by atoms with van der Waals surface area (Å²) in [5.41, 5.74) is 0.372. The topological polar surface area (TPSA) is 9.23 Å². The average Bonchev–Trinajstić information content (AvgIpc) is 2.60. The van der Waals surface area contributed by atoms with Crippen molar-refractivity contribution in [1.82, 2.24) is 0 Å². The predicted octanol–water partition coefficient (Wildman–Crippen LogP) is 6.32. The maximum absolute atomic E-state index is 14.1. The average molecular weight is 358 g/mol. The van der Waals surface area contributed by atoms with Crippen LogP contribution in [0.1, 0.15) is 51.0 Å². The van der Waals surface area contributed by atoms with Crippen LogP contribution in [0.3, 0.4) is 0 Å². The normalized spacial score (nSPS) is 21.4. The summed E-state index contributed by atoms with van der Waals surface area (Å²) < 4.78 is 58.5. The fourth-order valence-corrected chi connectivity index (χ4v) is 3.46. The van der Waals surface area contributed by atoms with Crippen molar-refractivity contribution in [3.8, 4) is 5.75 Å². The zero-order valence-electron chi connectivity index (χ0n) is 14.7. The van der Waals surface area contributed by atoms with Crippen LogP contribution < -0.4 is 4.74 Å². The first-order chi connectivity index (χ1) is 12.0. The Morgan fingerprint density at radius 1 is 1.16 bits per heavy atom. The molecule has 0 atom stereocenters. The van der Waals surface area contributed by atoms with E-state index in [1.807, 2.05) is 0 Å². The van der Waals surface area contributed by atoms with E-state index in [4.69, 9.17) is 4.74 Å². The van der Waals surface area contributed by atoms with E-state index in [1.165, 1.54) is 6.07 Å². The van der Waals surface area contributed by atoms with Crippen molar-refractivity contribution in [2.24, 2.45) is 11.8 Å². The Labute approximate surface area is 147 Å². The Morgan fingerprint density at radius 3 is 2.52 bits per heavy atom. The molecule has 0 amide bonds. The largest absolute Gasteiger partial charge is 0.491 e. The van der Waals surface area contributed by atoms with Crippen molar-refractivity contribution in [3.05, 3.63) is 41.2 Å². The van der Waals surface area contributed by atoms with Gasteiger partial charge in [0.2, 0.25) is 5.82 Å². The number of benzene rings is 1. The highest BCUT2D eigenvalue weighted by molar-refractivity contribution is 5.31. The van der Waals surface area contributed by atoms with Crippen LogP contribution in [0.4, 0.5) is 17.6 Å². The monoisotopic (exact) mass is 358 g/mol. The minimum Gasteiger partial charge on any atom is -0.491 e. The van der Waals surface area contributed by atoms with Gasteiger partial charge in [0, 0.05) is 6.42 Å². The van der Waals surface area contributed by atoms with E-state index in [2.05, 4.69) is 0 Å². The van der Waals surface area contributed by atoms with Gasteiger partial charge in [0.1, 0.15) is 0 Å². The van der Waals surface area contributed by atoms with E-state index in [0.29, 0.717) is 24.5 Å². The third kappa shape index (κ3) is 5.75. The second-order valence-electron chi connectivity index (χ2n) is 6.66. The van der Waals surface area contributed by atoms with Gasteiger partial charge >= 0.3 is 0 Å². The van der Waals surface area contributed by atoms with Crippen molar-refractivity contribution in [2.45, 2.75) is 51.9 Å². The first kappa shape index (κ1) is 19.8. The zero-order chi connectivity index (χ0) is 18.2. The predicted molar refractivity (Wildman–Crippen MR) is 91.1 cm³/mol. The fraction of sp³-hybridized carbons (Fsp3) is 0.600. The summed E-state index contributed by atoms with van der Waals surface area (Å²) in [6, 6.07) is 3.07. The molecule has 1 aromatic rings. The molecule has 0 bridgehead atoms. The van der Waals surface area contributed by atoms with Crippen LogP contribution in [0.15, 0.2) is 24.0 Å². The van der Waals surface area contributed by atoms with Crippen molar-refractivity contribution < 1.29 is 22.3 Å². The summed E-state index contributed by atoms with van der Waals surface area (Å²) in [6.07, 6.45) is 6.29. The molecule has 0 unspecified atom stereocenters. The first-order valence-corrected chi connectivity index (χ1v) is 9.07. The second kappa shape index (κ2) is 9.83. The van der Waals surface area contributed by atoms with Gasteiger partial charge in [0.05, 0.1) is 19.1 Å². The minimum atomic E-state index is -0.920. The third-order valence-corrected chi connectivity index (χ3v) is 4.89. The molecule has 1 aromatic carbocycles. The van der Waals surface area contributed by atoms with Crippen LogP contribution in [-0.4, -0.2) is 13.3 Å². The number of alkyl halides is 1. The molecule has 0 spiro atoms. The van der Waals surface area contributed by atoms with E-state index >= 15 is 0 Å². The van der Waals surface area contributed by atoms with Gasteiger partial charge in [-0.25, -0.2) is 8.78 Å². The van der Waals surface area contributed by atoms with Gasteiger partial charge in [-0.15, -0.1) is 0 Å². The second-order valence-corrected chi connectivity index (χ2v) is 6.66. The Balaban J connectivity index is 1.83. The molecule has 0 aromatic heterocycles. The summed E-state index contributed by atoms with van der Waals surface area (Å²) in [5.74, 6) is -1.55. The molecule has 0 saturated heterocycles. The Morgan fingerprint density at radius 2 is 1.88 bits per heavy atom. The van der Waals surface area contributed by atoms with Crippen molar-refractivity contribution in [2.75, 3.05) is 13.3 Å². The standard InChI is InChI=1S/C20H26F4O/c1-2-25-18-10-9-16(19(23)20(18)24)8-7-14-3-5-15(6-4-14)13-17(22)11-12-21/h9-10,13-15H,2-8,11-12H2,1H3. The zero-order valence-corrected chi connectivity index (χ0v) is 14.7. The third-order valence-electron chi connectivity index (χ3n) is 4.89. The van der Waals surface area contributed by atoms with E-state index < -0.39 is 18.3 Å². The summed E-state index contributed by atoms with van der Waals surface area (Å²) in [4.78, 5) is 0. The van der Waals surface area contributed by atoms with E-state index in [-0.39, 0.29) is 23.9 Å². The lowest BCUT2D eigenvalue weighted by atomic mass is 9.79. The molecular formula is C20H26F4O.